The number of para-hydroxylation sites is 1. The van der Waals surface area contributed by atoms with E-state index < -0.39 is 4.92 Å². The first kappa shape index (κ1) is 12.0. The molecule has 100 valence electrons. The molecule has 1 aromatic heterocycles. The fourth-order valence-electron chi connectivity index (χ4n) is 1.96. The minimum Gasteiger partial charge on any atom is -0.504 e. The predicted molar refractivity (Wildman–Crippen MR) is 71.5 cm³/mol. The van der Waals surface area contributed by atoms with Crippen LogP contribution in [-0.2, 0) is 0 Å². The molecule has 20 heavy (non-hydrogen) atoms. The number of hydrogen-bond donors (Lipinski definition) is 3. The Labute approximate surface area is 112 Å². The van der Waals surface area contributed by atoms with E-state index in [1.54, 1.807) is 12.1 Å². The molecule has 0 saturated heterocycles. The number of nitro benzene ring substituents is 1. The maximum atomic E-state index is 10.7. The zero-order chi connectivity index (χ0) is 14.3. The minimum atomic E-state index is -0.494. The average molecular weight is 271 g/mol. The van der Waals surface area contributed by atoms with Crippen molar-refractivity contribution in [2.24, 2.45) is 0 Å². The third-order valence-electron chi connectivity index (χ3n) is 2.95. The van der Waals surface area contributed by atoms with Crippen molar-refractivity contribution in [1.82, 2.24) is 9.97 Å². The van der Waals surface area contributed by atoms with Gasteiger partial charge in [-0.25, -0.2) is 4.98 Å². The highest BCUT2D eigenvalue weighted by molar-refractivity contribution is 5.83. The van der Waals surface area contributed by atoms with E-state index in [1.165, 1.54) is 24.3 Å². The van der Waals surface area contributed by atoms with E-state index in [0.717, 1.165) is 0 Å². The number of nitrogens with zero attached hydrogens (tertiary/aromatic N) is 2. The van der Waals surface area contributed by atoms with E-state index in [2.05, 4.69) is 9.97 Å². The number of rotatable bonds is 2. The number of imidazole rings is 1. The maximum Gasteiger partial charge on any atom is 0.271 e. The topological polar surface area (TPSA) is 112 Å². The van der Waals surface area contributed by atoms with Crippen LogP contribution >= 0.6 is 0 Å². The van der Waals surface area contributed by atoms with Crippen molar-refractivity contribution in [1.29, 1.82) is 0 Å². The van der Waals surface area contributed by atoms with Gasteiger partial charge in [-0.15, -0.1) is 0 Å². The standard InChI is InChI=1S/C13H9N3O4/c17-11-3-1-2-8(12(11)18)13-14-9-5-4-7(16(19)20)6-10(9)15-13/h1-6,17-18H,(H,14,15). The summed E-state index contributed by atoms with van der Waals surface area (Å²) in [5, 5.41) is 30.0. The van der Waals surface area contributed by atoms with Gasteiger partial charge < -0.3 is 15.2 Å². The summed E-state index contributed by atoms with van der Waals surface area (Å²) in [6.45, 7) is 0. The van der Waals surface area contributed by atoms with Crippen LogP contribution in [0.25, 0.3) is 22.4 Å². The lowest BCUT2D eigenvalue weighted by molar-refractivity contribution is -0.384. The van der Waals surface area contributed by atoms with Crippen molar-refractivity contribution in [3.05, 3.63) is 46.5 Å². The van der Waals surface area contributed by atoms with E-state index in [4.69, 9.17) is 0 Å². The Bertz CT molecular complexity index is 826. The highest BCUT2D eigenvalue weighted by atomic mass is 16.6. The second-order valence-electron chi connectivity index (χ2n) is 4.22. The molecule has 2 aromatic carbocycles. The Balaban J connectivity index is 2.18. The van der Waals surface area contributed by atoms with Crippen LogP contribution < -0.4 is 0 Å². The van der Waals surface area contributed by atoms with Crippen molar-refractivity contribution >= 4 is 16.7 Å². The van der Waals surface area contributed by atoms with Crippen molar-refractivity contribution < 1.29 is 15.1 Å². The van der Waals surface area contributed by atoms with Gasteiger partial charge in [0.15, 0.2) is 11.5 Å². The molecule has 0 aliphatic carbocycles. The van der Waals surface area contributed by atoms with Gasteiger partial charge in [0.2, 0.25) is 0 Å². The largest absolute Gasteiger partial charge is 0.504 e. The smallest absolute Gasteiger partial charge is 0.271 e. The first-order valence-corrected chi connectivity index (χ1v) is 5.72. The number of phenols is 2. The fraction of sp³-hybridized carbons (Fsp3) is 0. The summed E-state index contributed by atoms with van der Waals surface area (Å²) in [6, 6.07) is 8.75. The quantitative estimate of drug-likeness (QED) is 0.376. The third kappa shape index (κ3) is 1.81. The highest BCUT2D eigenvalue weighted by Crippen LogP contribution is 2.35. The Hall–Kier alpha value is -3.09. The van der Waals surface area contributed by atoms with Gasteiger partial charge in [0, 0.05) is 12.1 Å². The number of H-pyrrole nitrogens is 1. The van der Waals surface area contributed by atoms with E-state index in [-0.39, 0.29) is 17.2 Å². The first-order chi connectivity index (χ1) is 9.56. The number of phenolic OH excluding ortho intramolecular Hbond substituents is 2. The maximum absolute atomic E-state index is 10.7. The number of nitrogens with one attached hydrogen (secondary N) is 1. The molecule has 0 saturated carbocycles. The number of aromatic hydroxyl groups is 2. The van der Waals surface area contributed by atoms with E-state index >= 15 is 0 Å². The second-order valence-corrected chi connectivity index (χ2v) is 4.22. The molecule has 0 atom stereocenters. The van der Waals surface area contributed by atoms with Crippen LogP contribution in [-0.4, -0.2) is 25.1 Å². The molecule has 7 heteroatoms. The van der Waals surface area contributed by atoms with E-state index in [9.17, 15) is 20.3 Å². The molecule has 1 heterocycles. The van der Waals surface area contributed by atoms with Crippen LogP contribution in [0.15, 0.2) is 36.4 Å². The first-order valence-electron chi connectivity index (χ1n) is 5.72. The minimum absolute atomic E-state index is 0.0483. The number of aromatic nitrogens is 2. The molecule has 3 rings (SSSR count). The van der Waals surface area contributed by atoms with Crippen molar-refractivity contribution in [2.45, 2.75) is 0 Å². The molecule has 3 N–H and O–H groups in total. The van der Waals surface area contributed by atoms with Crippen molar-refractivity contribution in [2.75, 3.05) is 0 Å². The van der Waals surface area contributed by atoms with Crippen LogP contribution in [0.2, 0.25) is 0 Å². The number of hydrogen-bond acceptors (Lipinski definition) is 5. The van der Waals surface area contributed by atoms with E-state index in [1.807, 2.05) is 0 Å². The van der Waals surface area contributed by atoms with Gasteiger partial charge in [0.1, 0.15) is 5.82 Å². The average Bonchev–Trinajstić information content (AvgIpc) is 2.84. The molecule has 7 nitrogen and oxygen atoms in total. The van der Waals surface area contributed by atoms with E-state index in [0.29, 0.717) is 22.4 Å². The zero-order valence-electron chi connectivity index (χ0n) is 10.1. The highest BCUT2D eigenvalue weighted by Gasteiger charge is 2.14. The molecular weight excluding hydrogens is 262 g/mol. The van der Waals surface area contributed by atoms with Gasteiger partial charge in [0.25, 0.3) is 5.69 Å². The fourth-order valence-corrected chi connectivity index (χ4v) is 1.96. The lowest BCUT2D eigenvalue weighted by Crippen LogP contribution is -1.86. The lowest BCUT2D eigenvalue weighted by atomic mass is 10.2. The number of fused-ring (bicyclic) bond motifs is 1. The van der Waals surface area contributed by atoms with Crippen LogP contribution in [0.5, 0.6) is 11.5 Å². The molecule has 0 aliphatic rings. The monoisotopic (exact) mass is 271 g/mol. The van der Waals surface area contributed by atoms with Crippen molar-refractivity contribution in [3.63, 3.8) is 0 Å². The van der Waals surface area contributed by atoms with Crippen LogP contribution in [0.4, 0.5) is 5.69 Å². The number of benzene rings is 2. The van der Waals surface area contributed by atoms with Gasteiger partial charge >= 0.3 is 0 Å². The molecule has 3 aromatic rings. The van der Waals surface area contributed by atoms with Crippen molar-refractivity contribution in [3.8, 4) is 22.9 Å². The summed E-state index contributed by atoms with van der Waals surface area (Å²) in [5.41, 5.74) is 1.29. The van der Waals surface area contributed by atoms with Crippen LogP contribution in [0.3, 0.4) is 0 Å². The Morgan fingerprint density at radius 1 is 1.20 bits per heavy atom. The summed E-state index contributed by atoms with van der Waals surface area (Å²) in [6.07, 6.45) is 0. The second kappa shape index (κ2) is 4.23. The Morgan fingerprint density at radius 3 is 2.75 bits per heavy atom. The molecular formula is C13H9N3O4. The van der Waals surface area contributed by atoms with Crippen LogP contribution in [0, 0.1) is 10.1 Å². The SMILES string of the molecule is O=[N+]([O-])c1ccc2nc(-c3cccc(O)c3O)[nH]c2c1. The molecule has 0 unspecified atom stereocenters. The predicted octanol–water partition coefficient (Wildman–Crippen LogP) is 2.55. The molecule has 0 bridgehead atoms. The summed E-state index contributed by atoms with van der Waals surface area (Å²) in [4.78, 5) is 17.3. The molecule has 0 radical (unpaired) electrons. The molecule has 0 spiro atoms. The summed E-state index contributed by atoms with van der Waals surface area (Å²) in [7, 11) is 0. The summed E-state index contributed by atoms with van der Waals surface area (Å²) >= 11 is 0. The van der Waals surface area contributed by atoms with Gasteiger partial charge in [-0.05, 0) is 18.2 Å². The number of non-ortho nitro benzene ring substituents is 1. The molecule has 0 fully saturated rings. The third-order valence-corrected chi connectivity index (χ3v) is 2.95. The Kier molecular flexibility index (Phi) is 2.53. The van der Waals surface area contributed by atoms with Gasteiger partial charge in [-0.2, -0.15) is 0 Å². The lowest BCUT2D eigenvalue weighted by Gasteiger charge is -2.02. The molecule has 0 amide bonds. The molecule has 0 aliphatic heterocycles. The normalized spacial score (nSPS) is 10.8. The summed E-state index contributed by atoms with van der Waals surface area (Å²) in [5.74, 6) is -0.219. The van der Waals surface area contributed by atoms with Crippen LogP contribution in [0.1, 0.15) is 0 Å². The number of aromatic amines is 1. The summed E-state index contributed by atoms with van der Waals surface area (Å²) < 4.78 is 0. The van der Waals surface area contributed by atoms with Gasteiger partial charge in [-0.1, -0.05) is 6.07 Å². The van der Waals surface area contributed by atoms with Gasteiger partial charge in [0.05, 0.1) is 21.5 Å². The Morgan fingerprint density at radius 2 is 2.00 bits per heavy atom. The zero-order valence-corrected chi connectivity index (χ0v) is 10.1. The van der Waals surface area contributed by atoms with Gasteiger partial charge in [-0.3, -0.25) is 10.1 Å². The number of nitro groups is 1.